The van der Waals surface area contributed by atoms with Crippen LogP contribution in [0.1, 0.15) is 34.1 Å². The van der Waals surface area contributed by atoms with Crippen LogP contribution in [0.25, 0.3) is 0 Å². The van der Waals surface area contributed by atoms with Crippen molar-refractivity contribution in [3.63, 3.8) is 0 Å². The molecule has 3 rings (SSSR count). The number of ether oxygens (including phenoxy) is 1. The van der Waals surface area contributed by atoms with E-state index in [0.717, 1.165) is 18.2 Å². The van der Waals surface area contributed by atoms with Gasteiger partial charge in [-0.2, -0.15) is 4.72 Å². The highest BCUT2D eigenvalue weighted by Gasteiger charge is 2.53. The minimum atomic E-state index is -4.06. The van der Waals surface area contributed by atoms with E-state index >= 15 is 0 Å². The lowest BCUT2D eigenvalue weighted by Crippen LogP contribution is -2.44. The fourth-order valence-corrected chi connectivity index (χ4v) is 4.72. The lowest BCUT2D eigenvalue weighted by molar-refractivity contribution is 0.00578. The molecule has 11 heteroatoms. The van der Waals surface area contributed by atoms with Crippen LogP contribution in [0.2, 0.25) is 5.02 Å². The highest BCUT2D eigenvalue weighted by atomic mass is 35.5. The van der Waals surface area contributed by atoms with Crippen LogP contribution in [0.15, 0.2) is 39.8 Å². The zero-order valence-electron chi connectivity index (χ0n) is 16.8. The lowest BCUT2D eigenvalue weighted by Gasteiger charge is -2.32. The van der Waals surface area contributed by atoms with E-state index in [1.807, 2.05) is 27.7 Å². The Kier molecular flexibility index (Phi) is 5.88. The van der Waals surface area contributed by atoms with Crippen molar-refractivity contribution in [1.29, 1.82) is 0 Å². The van der Waals surface area contributed by atoms with E-state index < -0.39 is 40.2 Å². The molecule has 2 heterocycles. The highest BCUT2D eigenvalue weighted by Crippen LogP contribution is 2.39. The molecule has 0 aromatic heterocycles. The molecular weight excluding hydrogens is 422 g/mol. The molecule has 0 amide bonds. The van der Waals surface area contributed by atoms with E-state index in [-0.39, 0.29) is 22.2 Å². The Morgan fingerprint density at radius 3 is 2.45 bits per heavy atom. The molecule has 1 aromatic carbocycles. The minimum absolute atomic E-state index is 0.187. The van der Waals surface area contributed by atoms with Gasteiger partial charge >= 0.3 is 7.12 Å². The zero-order valence-corrected chi connectivity index (χ0v) is 18.4. The van der Waals surface area contributed by atoms with E-state index in [4.69, 9.17) is 25.6 Å². The summed E-state index contributed by atoms with van der Waals surface area (Å²) in [5.41, 5.74) is -0.414. The quantitative estimate of drug-likeness (QED) is 0.721. The summed E-state index contributed by atoms with van der Waals surface area (Å²) in [6.07, 6.45) is 1.79. The number of rotatable bonds is 4. The van der Waals surface area contributed by atoms with Crippen LogP contribution in [0.4, 0.5) is 4.39 Å². The van der Waals surface area contributed by atoms with Gasteiger partial charge in [-0.05, 0) is 57.8 Å². The maximum atomic E-state index is 13.3. The van der Waals surface area contributed by atoms with E-state index in [1.165, 1.54) is 7.11 Å². The van der Waals surface area contributed by atoms with Crippen LogP contribution >= 0.6 is 11.6 Å². The predicted molar refractivity (Wildman–Crippen MR) is 109 cm³/mol. The Labute approximate surface area is 175 Å². The molecule has 158 valence electrons. The van der Waals surface area contributed by atoms with Gasteiger partial charge in [0.05, 0.1) is 23.3 Å². The number of hydrogen-bond donors (Lipinski definition) is 1. The number of halogens is 2. The molecule has 1 unspecified atom stereocenters. The van der Waals surface area contributed by atoms with E-state index in [2.05, 4.69) is 9.71 Å². The Bertz CT molecular complexity index is 964. The molecule has 0 radical (unpaired) electrons. The van der Waals surface area contributed by atoms with Gasteiger partial charge in [-0.15, -0.1) is 0 Å². The number of methoxy groups -OCH3 is 1. The first kappa shape index (κ1) is 22.2. The second kappa shape index (κ2) is 7.66. The second-order valence-corrected chi connectivity index (χ2v) is 10.0. The molecule has 2 aliphatic heterocycles. The first-order chi connectivity index (χ1) is 13.4. The summed E-state index contributed by atoms with van der Waals surface area (Å²) < 4.78 is 58.7. The summed E-state index contributed by atoms with van der Waals surface area (Å²) in [5.74, 6) is -0.441. The van der Waals surface area contributed by atoms with Gasteiger partial charge in [0.1, 0.15) is 16.8 Å². The summed E-state index contributed by atoms with van der Waals surface area (Å²) in [6, 6.07) is 2.28. The van der Waals surface area contributed by atoms with Crippen LogP contribution in [0.5, 0.6) is 0 Å². The van der Waals surface area contributed by atoms with Crippen LogP contribution in [-0.4, -0.2) is 45.8 Å². The number of sulfonamides is 1. The second-order valence-electron chi connectivity index (χ2n) is 7.92. The Morgan fingerprint density at radius 1 is 1.28 bits per heavy atom. The summed E-state index contributed by atoms with van der Waals surface area (Å²) in [7, 11) is -3.32. The fourth-order valence-electron chi connectivity index (χ4n) is 2.99. The molecule has 0 aliphatic carbocycles. The largest absolute Gasteiger partial charge is 0.492 e. The maximum Gasteiger partial charge on any atom is 0.492 e. The number of nitrogens with zero attached hydrogens (tertiary/aromatic N) is 1. The molecule has 0 saturated carbocycles. The molecule has 0 bridgehead atoms. The van der Waals surface area contributed by atoms with Crippen molar-refractivity contribution >= 4 is 34.6 Å². The Morgan fingerprint density at radius 2 is 1.90 bits per heavy atom. The number of hydrogen-bond acceptors (Lipinski definition) is 6. The normalized spacial score (nSPS) is 23.6. The fraction of sp³-hybridized carbons (Fsp3) is 0.500. The molecule has 2 aliphatic rings. The van der Waals surface area contributed by atoms with Crippen molar-refractivity contribution < 1.29 is 26.9 Å². The van der Waals surface area contributed by atoms with Gasteiger partial charge in [0.25, 0.3) is 0 Å². The third kappa shape index (κ3) is 4.36. The van der Waals surface area contributed by atoms with Crippen LogP contribution in [0.3, 0.4) is 0 Å². The van der Waals surface area contributed by atoms with Gasteiger partial charge in [0.2, 0.25) is 15.9 Å². The van der Waals surface area contributed by atoms with Crippen molar-refractivity contribution in [3.8, 4) is 0 Å². The first-order valence-corrected chi connectivity index (χ1v) is 10.9. The van der Waals surface area contributed by atoms with Crippen LogP contribution in [0, 0.1) is 5.82 Å². The minimum Gasteiger partial charge on any atom is -0.483 e. The number of aliphatic imine (C=N–C) groups is 1. The number of nitrogens with one attached hydrogen (secondary N) is 1. The summed E-state index contributed by atoms with van der Waals surface area (Å²) in [6.45, 7) is 7.71. The van der Waals surface area contributed by atoms with Crippen molar-refractivity contribution in [3.05, 3.63) is 40.7 Å². The van der Waals surface area contributed by atoms with Crippen LogP contribution < -0.4 is 4.72 Å². The first-order valence-electron chi connectivity index (χ1n) is 9.00. The van der Waals surface area contributed by atoms with Crippen LogP contribution in [-0.2, 0) is 24.1 Å². The average Bonchev–Trinajstić information content (AvgIpc) is 2.81. The SMILES string of the molecule is COC1=NC=C(B2OC(C)(C)C(C)(C)O2)CC1NS(=O)(=O)c1ccc(F)cc1Cl. The lowest BCUT2D eigenvalue weighted by atomic mass is 9.74. The molecule has 1 fully saturated rings. The molecule has 29 heavy (non-hydrogen) atoms. The summed E-state index contributed by atoms with van der Waals surface area (Å²) in [5, 5.41) is -0.217. The summed E-state index contributed by atoms with van der Waals surface area (Å²) >= 11 is 5.93. The van der Waals surface area contributed by atoms with E-state index in [0.29, 0.717) is 5.47 Å². The molecule has 1 atom stereocenters. The average molecular weight is 445 g/mol. The van der Waals surface area contributed by atoms with Gasteiger partial charge in [-0.1, -0.05) is 11.6 Å². The summed E-state index contributed by atoms with van der Waals surface area (Å²) in [4.78, 5) is 3.98. The highest BCUT2D eigenvalue weighted by molar-refractivity contribution is 7.89. The van der Waals surface area contributed by atoms with Gasteiger partial charge in [-0.3, -0.25) is 0 Å². The van der Waals surface area contributed by atoms with E-state index in [1.54, 1.807) is 6.20 Å². The third-order valence-corrected chi connectivity index (χ3v) is 7.30. The monoisotopic (exact) mass is 444 g/mol. The molecule has 1 N–H and O–H groups in total. The zero-order chi connectivity index (χ0) is 21.6. The van der Waals surface area contributed by atoms with Gasteiger partial charge in [0.15, 0.2) is 0 Å². The topological polar surface area (TPSA) is 86.2 Å². The molecule has 1 saturated heterocycles. The van der Waals surface area contributed by atoms with Gasteiger partial charge < -0.3 is 14.0 Å². The number of benzene rings is 1. The maximum absolute atomic E-state index is 13.3. The van der Waals surface area contributed by atoms with Gasteiger partial charge in [-0.25, -0.2) is 17.8 Å². The Hall–Kier alpha value is -1.46. The van der Waals surface area contributed by atoms with Crippen molar-refractivity contribution in [1.82, 2.24) is 4.72 Å². The molecule has 0 spiro atoms. The predicted octanol–water partition coefficient (Wildman–Crippen LogP) is 3.09. The third-order valence-electron chi connectivity index (χ3n) is 5.34. The standard InChI is InChI=1S/C18H23BClFN2O5S/c1-17(2)18(3,4)28-19(27-17)11-8-14(16(26-5)22-10-11)23-29(24,25)15-7-6-12(21)9-13(15)20/h6-7,9-10,14,23H,8H2,1-5H3. The van der Waals surface area contributed by atoms with Gasteiger partial charge in [0, 0.05) is 6.20 Å². The van der Waals surface area contributed by atoms with E-state index in [9.17, 15) is 12.8 Å². The van der Waals surface area contributed by atoms with Crippen molar-refractivity contribution in [2.24, 2.45) is 4.99 Å². The molecule has 1 aromatic rings. The van der Waals surface area contributed by atoms with Crippen molar-refractivity contribution in [2.75, 3.05) is 7.11 Å². The molecule has 7 nitrogen and oxygen atoms in total. The Balaban J connectivity index is 1.84. The smallest absolute Gasteiger partial charge is 0.483 e. The van der Waals surface area contributed by atoms with Crippen molar-refractivity contribution in [2.45, 2.75) is 56.3 Å². The molecular formula is C18H23BClFN2O5S.